The van der Waals surface area contributed by atoms with Gasteiger partial charge in [-0.2, -0.15) is 0 Å². The summed E-state index contributed by atoms with van der Waals surface area (Å²) in [6.07, 6.45) is 15.2. The second-order valence-corrected chi connectivity index (χ2v) is 6.32. The van der Waals surface area contributed by atoms with Crippen molar-refractivity contribution < 1.29 is 14.3 Å². The Balaban J connectivity index is 1.94. The van der Waals surface area contributed by atoms with Crippen LogP contribution in [-0.4, -0.2) is 24.8 Å². The third kappa shape index (κ3) is 5.46. The standard InChI is InChI=1S/C18H30O3/c1-2-3-5-12-16(17-13-6-4-9-14-20-17)18(19)21-15-10-7-8-11-15/h3,5,15-17H,2,4,6-14H2,1H3. The molecule has 2 atom stereocenters. The Hall–Kier alpha value is -0.830. The van der Waals surface area contributed by atoms with Gasteiger partial charge in [0.25, 0.3) is 0 Å². The number of carbonyl (C=O) groups is 1. The molecule has 0 aromatic heterocycles. The maximum Gasteiger partial charge on any atom is 0.312 e. The molecule has 2 unspecified atom stereocenters. The molecule has 0 aromatic carbocycles. The molecule has 1 saturated carbocycles. The number of rotatable bonds is 6. The average Bonchev–Trinajstić information content (AvgIpc) is 2.84. The van der Waals surface area contributed by atoms with Gasteiger partial charge in [0.1, 0.15) is 6.10 Å². The lowest BCUT2D eigenvalue weighted by molar-refractivity contribution is -0.159. The van der Waals surface area contributed by atoms with Gasteiger partial charge < -0.3 is 9.47 Å². The molecule has 1 saturated heterocycles. The van der Waals surface area contributed by atoms with Crippen LogP contribution in [0.4, 0.5) is 0 Å². The minimum atomic E-state index is -0.119. The maximum atomic E-state index is 12.6. The van der Waals surface area contributed by atoms with Crippen LogP contribution in [0.2, 0.25) is 0 Å². The predicted octanol–water partition coefficient (Wildman–Crippen LogP) is 4.40. The van der Waals surface area contributed by atoms with Crippen molar-refractivity contribution in [3.8, 4) is 0 Å². The summed E-state index contributed by atoms with van der Waals surface area (Å²) >= 11 is 0. The highest BCUT2D eigenvalue weighted by molar-refractivity contribution is 5.73. The van der Waals surface area contributed by atoms with E-state index in [1.165, 1.54) is 19.3 Å². The first-order valence-electron chi connectivity index (χ1n) is 8.78. The number of ether oxygens (including phenoxy) is 2. The molecule has 0 bridgehead atoms. The lowest BCUT2D eigenvalue weighted by Crippen LogP contribution is -2.33. The first-order valence-corrected chi connectivity index (χ1v) is 8.78. The molecule has 0 spiro atoms. The summed E-state index contributed by atoms with van der Waals surface area (Å²) in [4.78, 5) is 12.6. The van der Waals surface area contributed by atoms with Crippen LogP contribution in [0.25, 0.3) is 0 Å². The van der Waals surface area contributed by atoms with Gasteiger partial charge in [0.15, 0.2) is 0 Å². The summed E-state index contributed by atoms with van der Waals surface area (Å²) in [6, 6.07) is 0. The van der Waals surface area contributed by atoms with Gasteiger partial charge in [0.2, 0.25) is 0 Å². The average molecular weight is 294 g/mol. The van der Waals surface area contributed by atoms with Crippen LogP contribution in [0.3, 0.4) is 0 Å². The third-order valence-corrected chi connectivity index (χ3v) is 4.59. The van der Waals surface area contributed by atoms with Crippen molar-refractivity contribution >= 4 is 5.97 Å². The zero-order valence-electron chi connectivity index (χ0n) is 13.4. The van der Waals surface area contributed by atoms with Crippen molar-refractivity contribution in [1.29, 1.82) is 0 Å². The van der Waals surface area contributed by atoms with E-state index in [1.807, 2.05) is 0 Å². The zero-order valence-corrected chi connectivity index (χ0v) is 13.4. The molecular formula is C18H30O3. The third-order valence-electron chi connectivity index (χ3n) is 4.59. The highest BCUT2D eigenvalue weighted by Crippen LogP contribution is 2.27. The molecule has 21 heavy (non-hydrogen) atoms. The minimum Gasteiger partial charge on any atom is -0.462 e. The van der Waals surface area contributed by atoms with Crippen LogP contribution >= 0.6 is 0 Å². The first-order chi connectivity index (χ1) is 10.3. The number of allylic oxidation sites excluding steroid dienone is 2. The van der Waals surface area contributed by atoms with Gasteiger partial charge in [-0.25, -0.2) is 0 Å². The van der Waals surface area contributed by atoms with E-state index < -0.39 is 0 Å². The molecular weight excluding hydrogens is 264 g/mol. The van der Waals surface area contributed by atoms with Crippen molar-refractivity contribution in [3.05, 3.63) is 12.2 Å². The second-order valence-electron chi connectivity index (χ2n) is 6.32. The summed E-state index contributed by atoms with van der Waals surface area (Å²) in [5.74, 6) is -0.152. The monoisotopic (exact) mass is 294 g/mol. The van der Waals surface area contributed by atoms with Crippen molar-refractivity contribution in [1.82, 2.24) is 0 Å². The Morgan fingerprint density at radius 1 is 1.14 bits per heavy atom. The zero-order chi connectivity index (χ0) is 14.9. The van der Waals surface area contributed by atoms with E-state index in [0.29, 0.717) is 0 Å². The molecule has 0 aromatic rings. The Bertz CT molecular complexity index is 323. The molecule has 2 rings (SSSR count). The Kier molecular flexibility index (Phi) is 7.28. The van der Waals surface area contributed by atoms with Gasteiger partial charge >= 0.3 is 5.97 Å². The molecule has 1 aliphatic heterocycles. The van der Waals surface area contributed by atoms with Crippen LogP contribution < -0.4 is 0 Å². The normalized spacial score (nSPS) is 25.9. The van der Waals surface area contributed by atoms with E-state index in [9.17, 15) is 4.79 Å². The summed E-state index contributed by atoms with van der Waals surface area (Å²) in [6.45, 7) is 2.90. The maximum absolute atomic E-state index is 12.6. The molecule has 2 fully saturated rings. The van der Waals surface area contributed by atoms with E-state index in [0.717, 1.165) is 51.6 Å². The number of hydrogen-bond donors (Lipinski definition) is 0. The summed E-state index contributed by atoms with van der Waals surface area (Å²) in [5, 5.41) is 0. The Labute approximate surface area is 129 Å². The van der Waals surface area contributed by atoms with E-state index in [4.69, 9.17) is 9.47 Å². The minimum absolute atomic E-state index is 0.0328. The number of esters is 1. The number of carbonyl (C=O) groups excluding carboxylic acids is 1. The van der Waals surface area contributed by atoms with Crippen LogP contribution in [0.15, 0.2) is 12.2 Å². The molecule has 3 nitrogen and oxygen atoms in total. The quantitative estimate of drug-likeness (QED) is 0.538. The highest BCUT2D eigenvalue weighted by atomic mass is 16.5. The van der Waals surface area contributed by atoms with Gasteiger partial charge in [-0.15, -0.1) is 0 Å². The van der Waals surface area contributed by atoms with Crippen LogP contribution in [0.5, 0.6) is 0 Å². The van der Waals surface area contributed by atoms with E-state index in [1.54, 1.807) is 0 Å². The van der Waals surface area contributed by atoms with E-state index >= 15 is 0 Å². The molecule has 120 valence electrons. The smallest absolute Gasteiger partial charge is 0.312 e. The molecule has 0 radical (unpaired) electrons. The fourth-order valence-electron chi connectivity index (χ4n) is 3.33. The van der Waals surface area contributed by atoms with E-state index in [-0.39, 0.29) is 24.1 Å². The summed E-state index contributed by atoms with van der Waals surface area (Å²) in [7, 11) is 0. The fraction of sp³-hybridized carbons (Fsp3) is 0.833. The second kappa shape index (κ2) is 9.24. The summed E-state index contributed by atoms with van der Waals surface area (Å²) in [5.41, 5.74) is 0. The number of hydrogen-bond acceptors (Lipinski definition) is 3. The van der Waals surface area contributed by atoms with Crippen molar-refractivity contribution in [3.63, 3.8) is 0 Å². The predicted molar refractivity (Wildman–Crippen MR) is 84.1 cm³/mol. The SMILES string of the molecule is CCC=CCC(C(=O)OC1CCCC1)C1CCCCCO1. The molecule has 1 aliphatic carbocycles. The molecule has 0 amide bonds. The Morgan fingerprint density at radius 2 is 1.90 bits per heavy atom. The molecule has 1 heterocycles. The molecule has 2 aliphatic rings. The van der Waals surface area contributed by atoms with Gasteiger partial charge in [0, 0.05) is 6.61 Å². The summed E-state index contributed by atoms with van der Waals surface area (Å²) < 4.78 is 11.7. The Morgan fingerprint density at radius 3 is 2.67 bits per heavy atom. The van der Waals surface area contributed by atoms with Crippen LogP contribution in [-0.2, 0) is 14.3 Å². The van der Waals surface area contributed by atoms with Crippen LogP contribution in [0, 0.1) is 5.92 Å². The van der Waals surface area contributed by atoms with Crippen LogP contribution in [0.1, 0.15) is 71.1 Å². The van der Waals surface area contributed by atoms with Crippen molar-refractivity contribution in [2.75, 3.05) is 6.61 Å². The highest BCUT2D eigenvalue weighted by Gasteiger charge is 2.32. The topological polar surface area (TPSA) is 35.5 Å². The lowest BCUT2D eigenvalue weighted by atomic mass is 9.94. The lowest BCUT2D eigenvalue weighted by Gasteiger charge is -2.25. The van der Waals surface area contributed by atoms with Gasteiger partial charge in [0.05, 0.1) is 12.0 Å². The van der Waals surface area contributed by atoms with Crippen molar-refractivity contribution in [2.24, 2.45) is 5.92 Å². The molecule has 3 heteroatoms. The van der Waals surface area contributed by atoms with Gasteiger partial charge in [-0.05, 0) is 51.4 Å². The fourth-order valence-corrected chi connectivity index (χ4v) is 3.33. The van der Waals surface area contributed by atoms with Gasteiger partial charge in [-0.1, -0.05) is 31.9 Å². The van der Waals surface area contributed by atoms with Gasteiger partial charge in [-0.3, -0.25) is 4.79 Å². The first kappa shape index (κ1) is 16.5. The van der Waals surface area contributed by atoms with Crippen molar-refractivity contribution in [2.45, 2.75) is 83.3 Å². The van der Waals surface area contributed by atoms with E-state index in [2.05, 4.69) is 19.1 Å². The largest absolute Gasteiger partial charge is 0.462 e. The molecule has 0 N–H and O–H groups in total.